The summed E-state index contributed by atoms with van der Waals surface area (Å²) in [6.07, 6.45) is 7.36. The van der Waals surface area contributed by atoms with E-state index in [2.05, 4.69) is 47.8 Å². The average Bonchev–Trinajstić information content (AvgIpc) is 2.33. The van der Waals surface area contributed by atoms with Gasteiger partial charge in [-0.25, -0.2) is 0 Å². The van der Waals surface area contributed by atoms with Crippen LogP contribution in [0.4, 0.5) is 0 Å². The van der Waals surface area contributed by atoms with Crippen molar-refractivity contribution in [3.05, 3.63) is 59.7 Å². The highest BCUT2D eigenvalue weighted by atomic mass is 14.8. The summed E-state index contributed by atoms with van der Waals surface area (Å²) in [7, 11) is 0. The van der Waals surface area contributed by atoms with Crippen molar-refractivity contribution >= 4 is 0 Å². The Morgan fingerprint density at radius 2 is 2.00 bits per heavy atom. The van der Waals surface area contributed by atoms with Gasteiger partial charge in [-0.05, 0) is 24.5 Å². The van der Waals surface area contributed by atoms with Gasteiger partial charge in [0.1, 0.15) is 0 Å². The molecule has 0 fully saturated rings. The lowest BCUT2D eigenvalue weighted by Gasteiger charge is -2.22. The molecule has 17 heavy (non-hydrogen) atoms. The fourth-order valence-electron chi connectivity index (χ4n) is 1.86. The second kappa shape index (κ2) is 5.30. The Labute approximate surface area is 103 Å². The Balaban J connectivity index is 1.77. The monoisotopic (exact) mass is 228 g/mol. The molecule has 1 atom stereocenters. The van der Waals surface area contributed by atoms with Crippen LogP contribution in [0.1, 0.15) is 18.9 Å². The molecule has 1 aromatic rings. The zero-order chi connectivity index (χ0) is 12.1. The fraction of sp³-hybridized carbons (Fsp3) is 0.333. The van der Waals surface area contributed by atoms with Gasteiger partial charge in [0.2, 0.25) is 0 Å². The number of nitrogens with two attached hydrogens (primary N) is 1. The largest absolute Gasteiger partial charge is 0.322 e. The van der Waals surface area contributed by atoms with Crippen LogP contribution in [0.2, 0.25) is 0 Å². The molecule has 1 aliphatic carbocycles. The van der Waals surface area contributed by atoms with Crippen molar-refractivity contribution in [1.82, 2.24) is 5.32 Å². The van der Waals surface area contributed by atoms with Gasteiger partial charge < -0.3 is 11.1 Å². The second-order valence-electron chi connectivity index (χ2n) is 4.91. The maximum Gasteiger partial charge on any atom is 0.0348 e. The second-order valence-corrected chi connectivity index (χ2v) is 4.91. The van der Waals surface area contributed by atoms with Crippen molar-refractivity contribution in [2.24, 2.45) is 5.73 Å². The highest BCUT2D eigenvalue weighted by Gasteiger charge is 2.15. The zero-order valence-corrected chi connectivity index (χ0v) is 10.3. The Kier molecular flexibility index (Phi) is 3.77. The molecule has 0 aliphatic heterocycles. The molecular weight excluding hydrogens is 208 g/mol. The van der Waals surface area contributed by atoms with Crippen molar-refractivity contribution in [2.45, 2.75) is 25.4 Å². The minimum atomic E-state index is -0.164. The minimum Gasteiger partial charge on any atom is -0.322 e. The molecule has 1 aliphatic rings. The molecule has 1 aromatic carbocycles. The third-order valence-corrected chi connectivity index (χ3v) is 2.98. The van der Waals surface area contributed by atoms with E-state index in [1.807, 2.05) is 13.0 Å². The van der Waals surface area contributed by atoms with Crippen molar-refractivity contribution in [3.8, 4) is 0 Å². The van der Waals surface area contributed by atoms with Crippen LogP contribution >= 0.6 is 0 Å². The molecule has 0 bridgehead atoms. The van der Waals surface area contributed by atoms with Crippen molar-refractivity contribution in [2.75, 3.05) is 6.54 Å². The molecule has 0 aromatic heterocycles. The van der Waals surface area contributed by atoms with Crippen LogP contribution < -0.4 is 11.1 Å². The quantitative estimate of drug-likeness (QED) is 0.830. The van der Waals surface area contributed by atoms with Crippen LogP contribution in [0, 0.1) is 0 Å². The van der Waals surface area contributed by atoms with Crippen molar-refractivity contribution < 1.29 is 0 Å². The van der Waals surface area contributed by atoms with E-state index in [0.717, 1.165) is 19.5 Å². The van der Waals surface area contributed by atoms with Gasteiger partial charge in [-0.2, -0.15) is 0 Å². The summed E-state index contributed by atoms with van der Waals surface area (Å²) < 4.78 is 0. The lowest BCUT2D eigenvalue weighted by Crippen LogP contribution is -2.34. The number of benzene rings is 1. The zero-order valence-electron chi connectivity index (χ0n) is 10.3. The van der Waals surface area contributed by atoms with Crippen LogP contribution in [0.15, 0.2) is 54.1 Å². The highest BCUT2D eigenvalue weighted by Crippen LogP contribution is 2.17. The Morgan fingerprint density at radius 3 is 2.65 bits per heavy atom. The molecule has 0 saturated carbocycles. The van der Waals surface area contributed by atoms with Crippen molar-refractivity contribution in [3.63, 3.8) is 0 Å². The van der Waals surface area contributed by atoms with E-state index in [4.69, 9.17) is 5.73 Å². The van der Waals surface area contributed by atoms with E-state index in [9.17, 15) is 0 Å². The Bertz CT molecular complexity index is 416. The first-order chi connectivity index (χ1) is 8.16. The van der Waals surface area contributed by atoms with Gasteiger partial charge in [0.05, 0.1) is 0 Å². The molecule has 2 nitrogen and oxygen atoms in total. The lowest BCUT2D eigenvalue weighted by molar-refractivity contribution is 0.583. The third-order valence-electron chi connectivity index (χ3n) is 2.98. The molecule has 3 N–H and O–H groups in total. The summed E-state index contributed by atoms with van der Waals surface area (Å²) in [6.45, 7) is 3.86. The van der Waals surface area contributed by atoms with Gasteiger partial charge in [-0.3, -0.25) is 0 Å². The molecule has 90 valence electrons. The number of nitrogens with one attached hydrogen (secondary N) is 1. The maximum absolute atomic E-state index is 6.01. The summed E-state index contributed by atoms with van der Waals surface area (Å²) in [5, 5.41) is 3.44. The molecule has 0 heterocycles. The summed E-state index contributed by atoms with van der Waals surface area (Å²) in [4.78, 5) is 0. The van der Waals surface area contributed by atoms with Gasteiger partial charge >= 0.3 is 0 Å². The predicted molar refractivity (Wildman–Crippen MR) is 72.6 cm³/mol. The lowest BCUT2D eigenvalue weighted by atomic mass is 9.92. The maximum atomic E-state index is 6.01. The normalized spacial score (nSPS) is 23.5. The van der Waals surface area contributed by atoms with E-state index in [1.54, 1.807) is 0 Å². The SMILES string of the molecule is CC1(N)C=CC(CNCc2ccccc2)=CC1. The van der Waals surface area contributed by atoms with Crippen LogP contribution in [-0.2, 0) is 6.54 Å². The first-order valence-electron chi connectivity index (χ1n) is 6.07. The average molecular weight is 228 g/mol. The number of hydrogen-bond donors (Lipinski definition) is 2. The van der Waals surface area contributed by atoms with Crippen LogP contribution in [0.5, 0.6) is 0 Å². The summed E-state index contributed by atoms with van der Waals surface area (Å²) >= 11 is 0. The molecule has 0 amide bonds. The van der Waals surface area contributed by atoms with Gasteiger partial charge in [0, 0.05) is 18.6 Å². The molecule has 0 radical (unpaired) electrons. The first kappa shape index (κ1) is 12.1. The Hall–Kier alpha value is -1.38. The molecule has 2 rings (SSSR count). The van der Waals surface area contributed by atoms with Gasteiger partial charge in [-0.1, -0.05) is 48.6 Å². The van der Waals surface area contributed by atoms with E-state index < -0.39 is 0 Å². The van der Waals surface area contributed by atoms with Gasteiger partial charge in [0.25, 0.3) is 0 Å². The van der Waals surface area contributed by atoms with Crippen LogP contribution in [0.25, 0.3) is 0 Å². The summed E-state index contributed by atoms with van der Waals surface area (Å²) in [5.41, 5.74) is 8.48. The molecule has 2 heteroatoms. The fourth-order valence-corrected chi connectivity index (χ4v) is 1.86. The highest BCUT2D eigenvalue weighted by molar-refractivity contribution is 5.29. The number of rotatable bonds is 4. The Morgan fingerprint density at radius 1 is 1.24 bits per heavy atom. The van der Waals surface area contributed by atoms with E-state index in [1.165, 1.54) is 11.1 Å². The topological polar surface area (TPSA) is 38.0 Å². The van der Waals surface area contributed by atoms with E-state index in [-0.39, 0.29) is 5.54 Å². The molecule has 0 spiro atoms. The summed E-state index contributed by atoms with van der Waals surface area (Å²) in [5.74, 6) is 0. The first-order valence-corrected chi connectivity index (χ1v) is 6.07. The van der Waals surface area contributed by atoms with Crippen molar-refractivity contribution in [1.29, 1.82) is 0 Å². The smallest absolute Gasteiger partial charge is 0.0348 e. The predicted octanol–water partition coefficient (Wildman–Crippen LogP) is 2.38. The molecular formula is C15H20N2. The van der Waals surface area contributed by atoms with Crippen LogP contribution in [0.3, 0.4) is 0 Å². The van der Waals surface area contributed by atoms with E-state index in [0.29, 0.717) is 0 Å². The third kappa shape index (κ3) is 3.84. The standard InChI is InChI=1S/C15H20N2/c1-15(16)9-7-14(8-10-15)12-17-11-13-5-3-2-4-6-13/h2-9,17H,10-12,16H2,1H3. The summed E-state index contributed by atoms with van der Waals surface area (Å²) in [6, 6.07) is 10.4. The number of hydrogen-bond acceptors (Lipinski definition) is 2. The molecule has 0 saturated heterocycles. The minimum absolute atomic E-state index is 0.164. The van der Waals surface area contributed by atoms with E-state index >= 15 is 0 Å². The molecule has 1 unspecified atom stereocenters. The van der Waals surface area contributed by atoms with Crippen LogP contribution in [-0.4, -0.2) is 12.1 Å². The van der Waals surface area contributed by atoms with Gasteiger partial charge in [0.15, 0.2) is 0 Å². The van der Waals surface area contributed by atoms with Gasteiger partial charge in [-0.15, -0.1) is 0 Å².